The normalized spacial score (nSPS) is 21.5. The molecule has 0 aliphatic carbocycles. The van der Waals surface area contributed by atoms with Crippen LogP contribution < -0.4 is 10.0 Å². The highest BCUT2D eigenvalue weighted by Gasteiger charge is 2.29. The molecular formula is C14H30N2O2S. The monoisotopic (exact) mass is 290 g/mol. The standard InChI is InChI=1S/C14H30N2O2S/c1-4-14(5-2,6-3)16-19(17,18)12-10-13-9-7-8-11-15-13/h13,15-16H,4-12H2,1-3H3. The van der Waals surface area contributed by atoms with Crippen LogP contribution in [0.25, 0.3) is 0 Å². The summed E-state index contributed by atoms with van der Waals surface area (Å²) < 4.78 is 27.4. The van der Waals surface area contributed by atoms with E-state index in [1.807, 2.05) is 0 Å². The van der Waals surface area contributed by atoms with Crippen LogP contribution >= 0.6 is 0 Å². The Balaban J connectivity index is 2.50. The molecule has 0 amide bonds. The first-order chi connectivity index (χ1) is 8.97. The molecule has 4 nitrogen and oxygen atoms in total. The minimum Gasteiger partial charge on any atom is -0.314 e. The molecule has 0 bridgehead atoms. The molecule has 114 valence electrons. The third-order valence-corrected chi connectivity index (χ3v) is 6.07. The number of sulfonamides is 1. The summed E-state index contributed by atoms with van der Waals surface area (Å²) in [5.41, 5.74) is -0.251. The highest BCUT2D eigenvalue weighted by atomic mass is 32.2. The van der Waals surface area contributed by atoms with Crippen LogP contribution in [0.1, 0.15) is 65.7 Å². The Morgan fingerprint density at radius 1 is 1.16 bits per heavy atom. The predicted molar refractivity (Wildman–Crippen MR) is 80.8 cm³/mol. The molecule has 1 saturated heterocycles. The van der Waals surface area contributed by atoms with Crippen molar-refractivity contribution >= 4 is 10.0 Å². The van der Waals surface area contributed by atoms with E-state index in [4.69, 9.17) is 0 Å². The van der Waals surface area contributed by atoms with E-state index in [0.717, 1.165) is 38.6 Å². The molecule has 0 aromatic heterocycles. The average Bonchev–Trinajstić information content (AvgIpc) is 2.44. The minimum atomic E-state index is -3.16. The van der Waals surface area contributed by atoms with Gasteiger partial charge in [-0.05, 0) is 45.1 Å². The summed E-state index contributed by atoms with van der Waals surface area (Å²) in [5, 5.41) is 3.40. The van der Waals surface area contributed by atoms with E-state index >= 15 is 0 Å². The van der Waals surface area contributed by atoms with Gasteiger partial charge in [0.05, 0.1) is 5.75 Å². The maximum Gasteiger partial charge on any atom is 0.212 e. The average molecular weight is 290 g/mol. The minimum absolute atomic E-state index is 0.242. The Morgan fingerprint density at radius 3 is 2.26 bits per heavy atom. The van der Waals surface area contributed by atoms with Crippen molar-refractivity contribution in [2.24, 2.45) is 0 Å². The van der Waals surface area contributed by atoms with Gasteiger partial charge in [0.15, 0.2) is 0 Å². The van der Waals surface area contributed by atoms with Crippen molar-refractivity contribution in [1.82, 2.24) is 10.0 Å². The maximum atomic E-state index is 12.2. The van der Waals surface area contributed by atoms with Gasteiger partial charge in [0.25, 0.3) is 0 Å². The zero-order valence-electron chi connectivity index (χ0n) is 12.7. The fraction of sp³-hybridized carbons (Fsp3) is 1.00. The summed E-state index contributed by atoms with van der Waals surface area (Å²) in [6.45, 7) is 7.19. The van der Waals surface area contributed by atoms with Crippen molar-refractivity contribution in [3.63, 3.8) is 0 Å². The first-order valence-electron chi connectivity index (χ1n) is 7.72. The van der Waals surface area contributed by atoms with E-state index < -0.39 is 10.0 Å². The van der Waals surface area contributed by atoms with Crippen LogP contribution in [0.4, 0.5) is 0 Å². The van der Waals surface area contributed by atoms with E-state index in [2.05, 4.69) is 30.8 Å². The Bertz CT molecular complexity index is 336. The maximum absolute atomic E-state index is 12.2. The molecule has 1 heterocycles. The Morgan fingerprint density at radius 2 is 1.79 bits per heavy atom. The van der Waals surface area contributed by atoms with Crippen LogP contribution in [0.3, 0.4) is 0 Å². The van der Waals surface area contributed by atoms with Gasteiger partial charge < -0.3 is 5.32 Å². The number of hydrogen-bond donors (Lipinski definition) is 2. The lowest BCUT2D eigenvalue weighted by Crippen LogP contribution is -2.48. The Hall–Kier alpha value is -0.130. The largest absolute Gasteiger partial charge is 0.314 e. The van der Waals surface area contributed by atoms with Crippen molar-refractivity contribution < 1.29 is 8.42 Å². The summed E-state index contributed by atoms with van der Waals surface area (Å²) in [7, 11) is -3.16. The molecule has 0 spiro atoms. The second kappa shape index (κ2) is 7.60. The zero-order chi connectivity index (χ0) is 14.4. The van der Waals surface area contributed by atoms with Gasteiger partial charge in [-0.25, -0.2) is 13.1 Å². The summed E-state index contributed by atoms with van der Waals surface area (Å²) >= 11 is 0. The van der Waals surface area contributed by atoms with Crippen molar-refractivity contribution in [3.05, 3.63) is 0 Å². The van der Waals surface area contributed by atoms with Crippen LogP contribution in [0.15, 0.2) is 0 Å². The lowest BCUT2D eigenvalue weighted by molar-refractivity contribution is 0.340. The van der Waals surface area contributed by atoms with Crippen LogP contribution in [0.2, 0.25) is 0 Å². The van der Waals surface area contributed by atoms with Gasteiger partial charge in [0, 0.05) is 11.6 Å². The van der Waals surface area contributed by atoms with Crippen molar-refractivity contribution in [3.8, 4) is 0 Å². The Labute approximate surface area is 118 Å². The molecule has 0 aromatic rings. The van der Waals surface area contributed by atoms with Gasteiger partial charge in [-0.3, -0.25) is 0 Å². The van der Waals surface area contributed by atoms with Crippen molar-refractivity contribution in [1.29, 1.82) is 0 Å². The lowest BCUT2D eigenvalue weighted by atomic mass is 9.91. The van der Waals surface area contributed by atoms with Crippen LogP contribution in [-0.2, 0) is 10.0 Å². The fourth-order valence-electron chi connectivity index (χ4n) is 2.82. The van der Waals surface area contributed by atoms with Crippen LogP contribution in [0, 0.1) is 0 Å². The molecule has 1 atom stereocenters. The van der Waals surface area contributed by atoms with Crippen LogP contribution in [-0.4, -0.2) is 32.3 Å². The molecule has 0 aromatic carbocycles. The number of rotatable bonds is 8. The molecule has 2 N–H and O–H groups in total. The van der Waals surface area contributed by atoms with Gasteiger partial charge in [-0.15, -0.1) is 0 Å². The molecule has 1 aliphatic rings. The van der Waals surface area contributed by atoms with Crippen LogP contribution in [0.5, 0.6) is 0 Å². The molecule has 1 fully saturated rings. The van der Waals surface area contributed by atoms with Gasteiger partial charge in [0.2, 0.25) is 10.0 Å². The number of nitrogens with one attached hydrogen (secondary N) is 2. The van der Waals surface area contributed by atoms with Gasteiger partial charge >= 0.3 is 0 Å². The SMILES string of the molecule is CCC(CC)(CC)NS(=O)(=O)CCC1CCCCN1. The van der Waals surface area contributed by atoms with E-state index in [1.165, 1.54) is 12.8 Å². The third-order valence-electron chi connectivity index (χ3n) is 4.55. The van der Waals surface area contributed by atoms with E-state index in [-0.39, 0.29) is 11.3 Å². The third kappa shape index (κ3) is 5.40. The van der Waals surface area contributed by atoms with E-state index in [0.29, 0.717) is 6.04 Å². The summed E-state index contributed by atoms with van der Waals surface area (Å²) in [4.78, 5) is 0. The predicted octanol–water partition coefficient (Wildman–Crippen LogP) is 2.41. The summed E-state index contributed by atoms with van der Waals surface area (Å²) in [6, 6.07) is 0.379. The molecule has 19 heavy (non-hydrogen) atoms. The molecule has 0 radical (unpaired) electrons. The van der Waals surface area contributed by atoms with Gasteiger partial charge in [-0.1, -0.05) is 27.2 Å². The lowest BCUT2D eigenvalue weighted by Gasteiger charge is -2.32. The highest BCUT2D eigenvalue weighted by molar-refractivity contribution is 7.89. The van der Waals surface area contributed by atoms with Gasteiger partial charge in [-0.2, -0.15) is 0 Å². The topological polar surface area (TPSA) is 58.2 Å². The molecular weight excluding hydrogens is 260 g/mol. The molecule has 1 aliphatic heterocycles. The number of hydrogen-bond acceptors (Lipinski definition) is 3. The quantitative estimate of drug-likeness (QED) is 0.722. The smallest absolute Gasteiger partial charge is 0.212 e. The van der Waals surface area contributed by atoms with E-state index in [9.17, 15) is 8.42 Å². The van der Waals surface area contributed by atoms with Crippen molar-refractivity contribution in [2.75, 3.05) is 12.3 Å². The summed E-state index contributed by atoms with van der Waals surface area (Å²) in [6.07, 6.45) is 6.81. The first kappa shape index (κ1) is 16.9. The second-order valence-corrected chi connectivity index (χ2v) is 7.54. The second-order valence-electron chi connectivity index (χ2n) is 5.70. The Kier molecular flexibility index (Phi) is 6.77. The molecule has 0 saturated carbocycles. The van der Waals surface area contributed by atoms with Gasteiger partial charge in [0.1, 0.15) is 0 Å². The molecule has 1 unspecified atom stereocenters. The molecule has 5 heteroatoms. The van der Waals surface area contributed by atoms with Crippen molar-refractivity contribution in [2.45, 2.75) is 77.3 Å². The molecule has 1 rings (SSSR count). The first-order valence-corrected chi connectivity index (χ1v) is 9.37. The number of piperidine rings is 1. The fourth-order valence-corrected chi connectivity index (χ4v) is 4.60. The zero-order valence-corrected chi connectivity index (χ0v) is 13.5. The van der Waals surface area contributed by atoms with E-state index in [1.54, 1.807) is 0 Å². The summed E-state index contributed by atoms with van der Waals surface area (Å²) in [5.74, 6) is 0.242. The highest BCUT2D eigenvalue weighted by Crippen LogP contribution is 2.21.